The zero-order valence-electron chi connectivity index (χ0n) is 34.7. The number of piperidine rings is 2. The average molecular weight is 765 g/mol. The molecule has 13 heteroatoms. The van der Waals surface area contributed by atoms with E-state index in [4.69, 9.17) is 26.7 Å². The topological polar surface area (TPSA) is 173 Å². The second-order valence-electron chi connectivity index (χ2n) is 17.9. The molecule has 0 bridgehead atoms. The van der Waals surface area contributed by atoms with E-state index >= 15 is 0 Å². The highest BCUT2D eigenvalue weighted by molar-refractivity contribution is 5.79. The van der Waals surface area contributed by atoms with Gasteiger partial charge in [0.05, 0.1) is 22.7 Å². The fraction of sp³-hybridized carbons (Fsp3) is 0.643. The molecule has 4 fully saturated rings. The summed E-state index contributed by atoms with van der Waals surface area (Å²) in [6.07, 6.45) is 4.96. The lowest BCUT2D eigenvalue weighted by molar-refractivity contribution is -0.122. The molecule has 2 amide bonds. The van der Waals surface area contributed by atoms with Gasteiger partial charge in [0.15, 0.2) is 0 Å². The summed E-state index contributed by atoms with van der Waals surface area (Å²) >= 11 is 0. The van der Waals surface area contributed by atoms with E-state index in [0.717, 1.165) is 82.9 Å². The van der Waals surface area contributed by atoms with Gasteiger partial charge in [0.1, 0.15) is 17.0 Å². The third-order valence-corrected chi connectivity index (χ3v) is 10.9. The molecule has 55 heavy (non-hydrogen) atoms. The highest BCUT2D eigenvalue weighted by Crippen LogP contribution is 2.33. The quantitative estimate of drug-likeness (QED) is 0.252. The highest BCUT2D eigenvalue weighted by atomic mass is 16.6. The maximum atomic E-state index is 12.4. The van der Waals surface area contributed by atoms with E-state index in [1.807, 2.05) is 82.8 Å². The van der Waals surface area contributed by atoms with E-state index in [-0.39, 0.29) is 23.3 Å². The Balaban J connectivity index is 0.000000209. The van der Waals surface area contributed by atoms with Gasteiger partial charge < -0.3 is 41.8 Å². The normalized spacial score (nSPS) is 24.0. The molecule has 13 nitrogen and oxygen atoms in total. The van der Waals surface area contributed by atoms with Gasteiger partial charge in [0.2, 0.25) is 0 Å². The molecular weight excluding hydrogens is 697 g/mol. The molecule has 306 valence electrons. The zero-order chi connectivity index (χ0) is 40.6. The van der Waals surface area contributed by atoms with Gasteiger partial charge in [-0.1, -0.05) is 24.3 Å². The number of nitrogen functional groups attached to an aromatic ring is 3. The summed E-state index contributed by atoms with van der Waals surface area (Å²) in [7, 11) is 0. The summed E-state index contributed by atoms with van der Waals surface area (Å²) in [6, 6.07) is 15.6. The smallest absolute Gasteiger partial charge is 0.410 e. The molecule has 4 aliphatic heterocycles. The van der Waals surface area contributed by atoms with Crippen molar-refractivity contribution in [3.63, 3.8) is 0 Å². The van der Waals surface area contributed by atoms with Crippen LogP contribution in [0, 0.1) is 0 Å². The van der Waals surface area contributed by atoms with Crippen LogP contribution in [0.2, 0.25) is 0 Å². The van der Waals surface area contributed by atoms with E-state index in [2.05, 4.69) is 29.0 Å². The third kappa shape index (κ3) is 12.9. The van der Waals surface area contributed by atoms with Crippen LogP contribution in [0.1, 0.15) is 93.9 Å². The Morgan fingerprint density at radius 2 is 1.05 bits per heavy atom. The first-order valence-corrected chi connectivity index (χ1v) is 19.9. The molecule has 2 aromatic rings. The lowest BCUT2D eigenvalue weighted by Crippen LogP contribution is -2.53. The van der Waals surface area contributed by atoms with Gasteiger partial charge in [-0.2, -0.15) is 0 Å². The van der Waals surface area contributed by atoms with E-state index in [9.17, 15) is 14.4 Å². The van der Waals surface area contributed by atoms with E-state index < -0.39 is 11.2 Å². The van der Waals surface area contributed by atoms with Gasteiger partial charge in [0, 0.05) is 82.3 Å². The predicted octanol–water partition coefficient (Wildman–Crippen LogP) is 6.45. The highest BCUT2D eigenvalue weighted by Gasteiger charge is 2.44. The van der Waals surface area contributed by atoms with Crippen molar-refractivity contribution in [3.05, 3.63) is 48.5 Å². The van der Waals surface area contributed by atoms with E-state index in [1.54, 1.807) is 17.0 Å². The summed E-state index contributed by atoms with van der Waals surface area (Å²) in [5.74, 6) is 0.354. The number of amides is 2. The van der Waals surface area contributed by atoms with Gasteiger partial charge in [-0.05, 0) is 105 Å². The van der Waals surface area contributed by atoms with Crippen LogP contribution in [0.25, 0.3) is 0 Å². The van der Waals surface area contributed by atoms with Crippen molar-refractivity contribution >= 4 is 40.7 Å². The largest absolute Gasteiger partial charge is 0.444 e. The predicted molar refractivity (Wildman–Crippen MR) is 222 cm³/mol. The molecule has 0 aliphatic carbocycles. The number of rotatable bonds is 4. The number of ether oxygens (including phenoxy) is 2. The number of nitrogens with two attached hydrogens (primary N) is 3. The fourth-order valence-electron chi connectivity index (χ4n) is 7.59. The molecule has 0 radical (unpaired) electrons. The minimum atomic E-state index is -0.451. The molecular formula is C42H68N8O5. The SMILES string of the molecule is CC(C)(C)OC(=O)N1CCC(C)(N2CCC(=O)CC2)C1.CC(C)(C)OC(=O)N1CCC(C)(N2CCC(Nc3ccccc3N)CC2)C1.Nc1ccccc1N. The van der Waals surface area contributed by atoms with Crippen molar-refractivity contribution < 1.29 is 23.9 Å². The number of hydrogen-bond donors (Lipinski definition) is 4. The molecule has 0 aromatic heterocycles. The summed E-state index contributed by atoms with van der Waals surface area (Å²) in [5, 5.41) is 3.59. The standard InChI is InChI=1S/C21H34N4O2.C15H26N2O3.C6H8N2/c1-20(2,3)27-19(26)24-14-11-21(4,15-24)25-12-9-16(10-13-25)23-18-8-6-5-7-17(18)22;1-14(2,3)20-13(19)16-10-7-15(4,11-16)17-8-5-12(18)6-9-17;7-5-3-1-2-4-6(5)8/h5-8,16,23H,9-15,22H2,1-4H3;5-11H2,1-4H3;1-4H,7-8H2. The second-order valence-corrected chi connectivity index (χ2v) is 17.9. The van der Waals surface area contributed by atoms with Gasteiger partial charge in [-0.25, -0.2) is 9.59 Å². The number of carbonyl (C=O) groups excluding carboxylic acids is 3. The van der Waals surface area contributed by atoms with Crippen molar-refractivity contribution in [1.82, 2.24) is 19.6 Å². The number of nitrogens with zero attached hydrogens (tertiary/aromatic N) is 4. The summed E-state index contributed by atoms with van der Waals surface area (Å²) in [4.78, 5) is 44.4. The number of ketones is 1. The van der Waals surface area contributed by atoms with Gasteiger partial charge >= 0.3 is 12.2 Å². The maximum Gasteiger partial charge on any atom is 0.410 e. The molecule has 7 N–H and O–H groups in total. The van der Waals surface area contributed by atoms with E-state index in [1.165, 1.54) is 0 Å². The molecule has 0 saturated carbocycles. The van der Waals surface area contributed by atoms with Gasteiger partial charge in [-0.3, -0.25) is 14.6 Å². The minimum Gasteiger partial charge on any atom is -0.444 e. The maximum absolute atomic E-state index is 12.4. The lowest BCUT2D eigenvalue weighted by Gasteiger charge is -2.43. The number of Topliss-reactive ketones (excluding diaryl/α,β-unsaturated/α-hetero) is 1. The first-order chi connectivity index (χ1) is 25.7. The zero-order valence-corrected chi connectivity index (χ0v) is 34.7. The van der Waals surface area contributed by atoms with Crippen LogP contribution >= 0.6 is 0 Å². The van der Waals surface area contributed by atoms with Gasteiger partial charge in [0.25, 0.3) is 0 Å². The molecule has 2 atom stereocenters. The molecule has 4 aliphatic rings. The fourth-order valence-corrected chi connectivity index (χ4v) is 7.59. The molecule has 0 spiro atoms. The third-order valence-electron chi connectivity index (χ3n) is 10.9. The lowest BCUT2D eigenvalue weighted by atomic mass is 9.94. The van der Waals surface area contributed by atoms with Crippen LogP contribution < -0.4 is 22.5 Å². The number of carbonyl (C=O) groups is 3. The number of para-hydroxylation sites is 4. The van der Waals surface area contributed by atoms with Crippen LogP contribution in [-0.4, -0.2) is 118 Å². The monoisotopic (exact) mass is 765 g/mol. The summed E-state index contributed by atoms with van der Waals surface area (Å²) in [6.45, 7) is 22.5. The Bertz CT molecular complexity index is 1570. The first-order valence-electron chi connectivity index (χ1n) is 19.9. The van der Waals surface area contributed by atoms with Crippen LogP contribution in [0.4, 0.5) is 32.3 Å². The Hall–Kier alpha value is -4.23. The van der Waals surface area contributed by atoms with Crippen LogP contribution in [0.15, 0.2) is 48.5 Å². The van der Waals surface area contributed by atoms with Crippen LogP contribution in [0.5, 0.6) is 0 Å². The van der Waals surface area contributed by atoms with Crippen molar-refractivity contribution in [3.8, 4) is 0 Å². The van der Waals surface area contributed by atoms with Crippen LogP contribution in [0.3, 0.4) is 0 Å². The summed E-state index contributed by atoms with van der Waals surface area (Å²) < 4.78 is 11.0. The molecule has 4 saturated heterocycles. The summed E-state index contributed by atoms with van der Waals surface area (Å²) in [5.41, 5.74) is 19.1. The molecule has 2 aromatic carbocycles. The first kappa shape index (κ1) is 43.5. The molecule has 4 heterocycles. The number of likely N-dealkylation sites (tertiary alicyclic amines) is 4. The minimum absolute atomic E-state index is 0.0163. The van der Waals surface area contributed by atoms with Crippen molar-refractivity contribution in [1.29, 1.82) is 0 Å². The van der Waals surface area contributed by atoms with Crippen molar-refractivity contribution in [2.45, 2.75) is 122 Å². The van der Waals surface area contributed by atoms with Crippen LogP contribution in [-0.2, 0) is 14.3 Å². The number of hydrogen-bond acceptors (Lipinski definition) is 11. The Morgan fingerprint density at radius 1 is 0.655 bits per heavy atom. The van der Waals surface area contributed by atoms with Crippen molar-refractivity contribution in [2.24, 2.45) is 0 Å². The Kier molecular flexibility index (Phi) is 14.4. The number of benzene rings is 2. The molecule has 2 unspecified atom stereocenters. The average Bonchev–Trinajstić information content (AvgIpc) is 3.72. The van der Waals surface area contributed by atoms with E-state index in [0.29, 0.717) is 42.6 Å². The van der Waals surface area contributed by atoms with Gasteiger partial charge in [-0.15, -0.1) is 0 Å². The molecule has 6 rings (SSSR count). The number of nitrogens with one attached hydrogen (secondary N) is 1. The Morgan fingerprint density at radius 3 is 1.45 bits per heavy atom. The second kappa shape index (κ2) is 18.1. The number of anilines is 4. The Labute approximate surface area is 329 Å². The van der Waals surface area contributed by atoms with Crippen molar-refractivity contribution in [2.75, 3.05) is 74.9 Å².